The minimum absolute atomic E-state index is 0.0630. The Balaban J connectivity index is 2.42. The molecule has 0 fully saturated rings. The number of benzene rings is 1. The Bertz CT molecular complexity index is 666. The monoisotopic (exact) mass is 544 g/mol. The molecule has 0 aromatic heterocycles. The van der Waals surface area contributed by atoms with Crippen LogP contribution in [0.5, 0.6) is 0 Å². The number of unbranched alkanes of at least 4 members (excludes halogenated alkanes) is 16. The summed E-state index contributed by atoms with van der Waals surface area (Å²) in [6.45, 7) is 12.6. The second-order valence-corrected chi connectivity index (χ2v) is 12.2. The first-order chi connectivity index (χ1) is 19.1. The Kier molecular flexibility index (Phi) is 22.4. The predicted octanol–water partition coefficient (Wildman–Crippen LogP) is 10.9. The molecule has 0 aliphatic carbocycles. The van der Waals surface area contributed by atoms with Gasteiger partial charge in [0.1, 0.15) is 0 Å². The molecule has 1 aromatic rings. The van der Waals surface area contributed by atoms with Crippen molar-refractivity contribution in [1.29, 1.82) is 0 Å². The molecule has 0 radical (unpaired) electrons. The Morgan fingerprint density at radius 1 is 0.564 bits per heavy atom. The number of nitrogens with zero attached hydrogens (tertiary/aromatic N) is 1. The molecule has 1 atom stereocenters. The highest BCUT2D eigenvalue weighted by atomic mass is 16.1. The van der Waals surface area contributed by atoms with Crippen LogP contribution in [0.25, 0.3) is 0 Å². The molecule has 0 aliphatic heterocycles. The lowest BCUT2D eigenvalue weighted by Crippen LogP contribution is -2.58. The van der Waals surface area contributed by atoms with Gasteiger partial charge in [-0.25, -0.2) is 0 Å². The summed E-state index contributed by atoms with van der Waals surface area (Å²) in [5, 5.41) is 3.56. The Morgan fingerprint density at radius 3 is 1.44 bits per heavy atom. The zero-order valence-corrected chi connectivity index (χ0v) is 26.8. The van der Waals surface area contributed by atoms with Crippen LogP contribution in [-0.4, -0.2) is 30.0 Å². The Hall–Kier alpha value is -1.35. The van der Waals surface area contributed by atoms with Crippen molar-refractivity contribution < 1.29 is 9.28 Å². The van der Waals surface area contributed by atoms with Crippen molar-refractivity contribution in [3.63, 3.8) is 0 Å². The van der Waals surface area contributed by atoms with Gasteiger partial charge < -0.3 is 9.80 Å². The van der Waals surface area contributed by atoms with Gasteiger partial charge in [-0.2, -0.15) is 0 Å². The number of amides is 1. The van der Waals surface area contributed by atoms with Crippen LogP contribution >= 0.6 is 0 Å². The van der Waals surface area contributed by atoms with E-state index in [-0.39, 0.29) is 12.1 Å². The average molecular weight is 544 g/mol. The number of carbonyl (C=O) groups is 1. The molecule has 1 aromatic carbocycles. The number of hydrogen-bond donors (Lipinski definition) is 1. The van der Waals surface area contributed by atoms with Gasteiger partial charge in [0.25, 0.3) is 0 Å². The van der Waals surface area contributed by atoms with Crippen LogP contribution in [0.1, 0.15) is 174 Å². The van der Waals surface area contributed by atoms with E-state index in [0.29, 0.717) is 6.42 Å². The van der Waals surface area contributed by atoms with E-state index in [2.05, 4.69) is 63.3 Å². The molecular formula is C36H67N2O+. The zero-order valence-electron chi connectivity index (χ0n) is 26.8. The molecule has 0 aliphatic rings. The maximum atomic E-state index is 13.2. The van der Waals surface area contributed by atoms with Gasteiger partial charge in [-0.1, -0.05) is 161 Å². The van der Waals surface area contributed by atoms with Crippen molar-refractivity contribution in [1.82, 2.24) is 5.32 Å². The summed E-state index contributed by atoms with van der Waals surface area (Å²) in [6.07, 6.45) is 27.0. The number of rotatable bonds is 27. The fraction of sp³-hybridized carbons (Fsp3) is 0.806. The van der Waals surface area contributed by atoms with E-state index in [9.17, 15) is 4.79 Å². The smallest absolute Gasteiger partial charge is 0.224 e. The molecule has 0 heterocycles. The van der Waals surface area contributed by atoms with Crippen molar-refractivity contribution in [3.05, 3.63) is 35.9 Å². The van der Waals surface area contributed by atoms with Crippen molar-refractivity contribution in [2.24, 2.45) is 0 Å². The fourth-order valence-corrected chi connectivity index (χ4v) is 6.17. The molecule has 1 unspecified atom stereocenters. The molecular weight excluding hydrogens is 476 g/mol. The summed E-state index contributed by atoms with van der Waals surface area (Å²) in [5.74, 6) is 0.241. The lowest BCUT2D eigenvalue weighted by atomic mass is 10.0. The molecule has 0 bridgehead atoms. The minimum atomic E-state index is 0.0630. The number of nitrogens with one attached hydrogen (secondary N) is 1. The van der Waals surface area contributed by atoms with E-state index in [1.54, 1.807) is 0 Å². The molecule has 1 rings (SSSR count). The summed E-state index contributed by atoms with van der Waals surface area (Å²) < 4.78 is 0.993. The van der Waals surface area contributed by atoms with Crippen LogP contribution in [0.3, 0.4) is 0 Å². The molecule has 0 spiro atoms. The first-order valence-electron chi connectivity index (χ1n) is 17.3. The first kappa shape index (κ1) is 35.7. The van der Waals surface area contributed by atoms with Gasteiger partial charge in [-0.05, 0) is 25.7 Å². The molecule has 0 saturated heterocycles. The van der Waals surface area contributed by atoms with Crippen LogP contribution < -0.4 is 5.32 Å². The van der Waals surface area contributed by atoms with E-state index in [1.165, 1.54) is 121 Å². The van der Waals surface area contributed by atoms with E-state index in [1.807, 2.05) is 0 Å². The number of carbonyl (C=O) groups excluding carboxylic acids is 1. The van der Waals surface area contributed by atoms with Crippen LogP contribution in [-0.2, 0) is 4.79 Å². The summed E-state index contributed by atoms with van der Waals surface area (Å²) >= 11 is 0. The quantitative estimate of drug-likeness (QED) is 0.0667. The van der Waals surface area contributed by atoms with E-state index < -0.39 is 0 Å². The summed E-state index contributed by atoms with van der Waals surface area (Å²) in [5.41, 5.74) is 1.27. The molecule has 0 saturated carbocycles. The lowest BCUT2D eigenvalue weighted by Gasteiger charge is -2.45. The molecule has 226 valence electrons. The molecule has 1 N–H and O–H groups in total. The van der Waals surface area contributed by atoms with Gasteiger partial charge in [-0.3, -0.25) is 4.79 Å². The summed E-state index contributed by atoms with van der Waals surface area (Å²) in [7, 11) is 0. The van der Waals surface area contributed by atoms with Gasteiger partial charge in [0, 0.05) is 12.0 Å². The second kappa shape index (κ2) is 24.4. The largest absolute Gasteiger partial charge is 0.303 e. The maximum absolute atomic E-state index is 13.2. The maximum Gasteiger partial charge on any atom is 0.224 e. The van der Waals surface area contributed by atoms with E-state index in [4.69, 9.17) is 0 Å². The van der Waals surface area contributed by atoms with Gasteiger partial charge in [0.2, 0.25) is 5.91 Å². The van der Waals surface area contributed by atoms with Crippen LogP contribution in [0.15, 0.2) is 30.3 Å². The topological polar surface area (TPSA) is 29.1 Å². The lowest BCUT2D eigenvalue weighted by molar-refractivity contribution is -0.960. The van der Waals surface area contributed by atoms with Crippen molar-refractivity contribution in [2.75, 3.05) is 19.6 Å². The highest BCUT2D eigenvalue weighted by Gasteiger charge is 2.37. The Morgan fingerprint density at radius 2 is 1.00 bits per heavy atom. The van der Waals surface area contributed by atoms with Crippen LogP contribution in [0.2, 0.25) is 0 Å². The van der Waals surface area contributed by atoms with E-state index >= 15 is 0 Å². The van der Waals surface area contributed by atoms with Gasteiger partial charge in [-0.15, -0.1) is 0 Å². The number of hydrogen-bond acceptors (Lipinski definition) is 1. The Labute approximate surface area is 244 Å². The standard InChI is InChI=1S/C36H66N2O/c1-5-9-12-13-14-15-16-17-18-19-20-21-22-23-27-30-35(39)37-36(34-28-25-24-26-29-34)38(31-8-4,32-10-6-2)33-11-7-3/h24-26,28-29,36H,5-23,27,30-33H2,1-4H3/p+1. The normalized spacial score (nSPS) is 12.5. The molecule has 3 heteroatoms. The third-order valence-electron chi connectivity index (χ3n) is 8.55. The molecule has 1 amide bonds. The first-order valence-corrected chi connectivity index (χ1v) is 17.3. The summed E-state index contributed by atoms with van der Waals surface area (Å²) in [6, 6.07) is 10.8. The van der Waals surface area contributed by atoms with Crippen LogP contribution in [0, 0.1) is 0 Å². The third-order valence-corrected chi connectivity index (χ3v) is 8.55. The van der Waals surface area contributed by atoms with Crippen molar-refractivity contribution in [2.45, 2.75) is 169 Å². The minimum Gasteiger partial charge on any atom is -0.303 e. The SMILES string of the molecule is CCCCCCCCCCCCCCCCCC(=O)NC(c1ccccc1)[N+](CCC)(CCCC)CCCC. The highest BCUT2D eigenvalue weighted by molar-refractivity contribution is 5.76. The fourth-order valence-electron chi connectivity index (χ4n) is 6.17. The second-order valence-electron chi connectivity index (χ2n) is 12.2. The molecule has 39 heavy (non-hydrogen) atoms. The zero-order chi connectivity index (χ0) is 28.4. The van der Waals surface area contributed by atoms with Gasteiger partial charge >= 0.3 is 0 Å². The average Bonchev–Trinajstić information content (AvgIpc) is 2.96. The number of quaternary nitrogens is 1. The third kappa shape index (κ3) is 16.5. The van der Waals surface area contributed by atoms with Crippen molar-refractivity contribution >= 4 is 5.91 Å². The van der Waals surface area contributed by atoms with Crippen LogP contribution in [0.4, 0.5) is 0 Å². The summed E-state index contributed by atoms with van der Waals surface area (Å²) in [4.78, 5) is 13.2. The van der Waals surface area contributed by atoms with E-state index in [0.717, 1.165) is 37.0 Å². The van der Waals surface area contributed by atoms with Gasteiger partial charge in [0.05, 0.1) is 19.6 Å². The highest BCUT2D eigenvalue weighted by Crippen LogP contribution is 2.30. The van der Waals surface area contributed by atoms with Gasteiger partial charge in [0.15, 0.2) is 6.17 Å². The predicted molar refractivity (Wildman–Crippen MR) is 172 cm³/mol. The molecule has 3 nitrogen and oxygen atoms in total. The van der Waals surface area contributed by atoms with Crippen molar-refractivity contribution in [3.8, 4) is 0 Å².